The van der Waals surface area contributed by atoms with Crippen molar-refractivity contribution in [2.45, 2.75) is 166 Å². The number of benzene rings is 2. The van der Waals surface area contributed by atoms with Gasteiger partial charge in [-0.05, 0) is 96.3 Å². The second-order valence-electron chi connectivity index (χ2n) is 21.3. The van der Waals surface area contributed by atoms with Gasteiger partial charge in [0.05, 0.1) is 37.8 Å². The van der Waals surface area contributed by atoms with Crippen LogP contribution < -0.4 is 51.9 Å². The molecule has 1 saturated heterocycles. The summed E-state index contributed by atoms with van der Waals surface area (Å²) >= 11 is 0. The van der Waals surface area contributed by atoms with E-state index in [-0.39, 0.29) is 31.8 Å². The van der Waals surface area contributed by atoms with Crippen molar-refractivity contribution in [1.29, 1.82) is 0 Å². The van der Waals surface area contributed by atoms with Gasteiger partial charge in [0.25, 0.3) is 10.1 Å². The number of rotatable bonds is 27. The van der Waals surface area contributed by atoms with E-state index >= 15 is 0 Å². The Hall–Kier alpha value is -6.20. The van der Waals surface area contributed by atoms with E-state index in [4.69, 9.17) is 24.9 Å². The number of aliphatic hydroxyl groups excluding tert-OH is 4. The third-order valence-electron chi connectivity index (χ3n) is 14.7. The van der Waals surface area contributed by atoms with Crippen LogP contribution in [0.25, 0.3) is 0 Å². The van der Waals surface area contributed by atoms with Gasteiger partial charge < -0.3 is 66.5 Å². The minimum absolute atomic E-state index is 0.164. The molecule has 3 aromatic rings. The largest absolute Gasteiger partial charge is 0.452 e. The lowest BCUT2D eigenvalue weighted by molar-refractivity contribution is -0.304. The van der Waals surface area contributed by atoms with Gasteiger partial charge in [-0.2, -0.15) is 8.42 Å². The molecule has 11 N–H and O–H groups in total. The minimum Gasteiger partial charge on any atom is -0.452 e. The number of nitrogens with zero attached hydrogens (tertiary/aromatic N) is 6. The number of primary amides is 1. The minimum atomic E-state index is -4.33. The highest BCUT2D eigenvalue weighted by Gasteiger charge is 2.44. The fourth-order valence-corrected chi connectivity index (χ4v) is 11.5. The maximum absolute atomic E-state index is 13.1. The molecular formula is C52H76N11O15S+. The van der Waals surface area contributed by atoms with Crippen LogP contribution in [0.15, 0.2) is 35.5 Å². The fraction of sp³-hybridized carbons (Fsp3) is 0.635. The second kappa shape index (κ2) is 26.8. The molecular weight excluding hydrogens is 1050 g/mol. The molecule has 1 unspecified atom stereocenters. The van der Waals surface area contributed by atoms with Gasteiger partial charge >= 0.3 is 0 Å². The number of carbonyl (C=O) groups is 5. The standard InChI is InChI=1S/C52H75N11O15S/c1-5-61-17-10-12-31-20-37-41(22-39(31)61)77-42-23-40-34(21-38(42)57-37)32(29-79(73,74)75)24-52(3,4)63(40)19-11-15-44(66)54-16-8-6-13-35(49(53)71)58-45(67)25-55-50(72)36(56-30(2)65)14-7-9-18-62-26-33(59-60-62)28-76-51-48(70)47(69)46(68)43(27-64)78-51/h20-23,26,32,35-36,43,46-48,51,64,68-70H,5-19,24-25,27-29H2,1-4H3,(H6-,53,54,55,56,58,65,66,67,71,72,73,74,75)/p+1/t32?,35-,36-,43+,46+,47-,48-,51-/m0/s1. The smallest absolute Gasteiger partial charge is 0.265 e. The van der Waals surface area contributed by atoms with Gasteiger partial charge in [0.15, 0.2) is 17.8 Å². The molecule has 27 heteroatoms. The topological polar surface area (TPSA) is 372 Å². The molecule has 0 aliphatic carbocycles. The van der Waals surface area contributed by atoms with Crippen LogP contribution in [0.2, 0.25) is 0 Å². The van der Waals surface area contributed by atoms with Crippen molar-refractivity contribution in [3.8, 4) is 11.5 Å². The molecule has 4 aliphatic heterocycles. The third-order valence-corrected chi connectivity index (χ3v) is 15.6. The molecule has 79 heavy (non-hydrogen) atoms. The van der Waals surface area contributed by atoms with Crippen molar-refractivity contribution < 1.29 is 71.6 Å². The zero-order valence-electron chi connectivity index (χ0n) is 45.1. The second-order valence-corrected chi connectivity index (χ2v) is 22.8. The number of ether oxygens (including phenoxy) is 3. The van der Waals surface area contributed by atoms with Crippen LogP contribution in [0.1, 0.15) is 115 Å². The lowest BCUT2D eigenvalue weighted by atomic mass is 9.79. The highest BCUT2D eigenvalue weighted by molar-refractivity contribution is 7.85. The number of hydrogen-bond donors (Lipinski definition) is 10. The zero-order chi connectivity index (χ0) is 57.2. The molecule has 0 saturated carbocycles. The monoisotopic (exact) mass is 1130 g/mol. The van der Waals surface area contributed by atoms with Crippen molar-refractivity contribution in [3.05, 3.63) is 58.0 Å². The molecule has 0 spiro atoms. The van der Waals surface area contributed by atoms with Crippen molar-refractivity contribution in [1.82, 2.24) is 40.8 Å². The van der Waals surface area contributed by atoms with Crippen LogP contribution in [0, 0.1) is 0 Å². The van der Waals surface area contributed by atoms with Gasteiger partial charge in [-0.1, -0.05) is 5.21 Å². The fourth-order valence-electron chi connectivity index (χ4n) is 10.7. The molecule has 1 fully saturated rings. The first-order valence-corrected chi connectivity index (χ1v) is 28.6. The average molecular weight is 1130 g/mol. The Kier molecular flexibility index (Phi) is 20.5. The number of aryl methyl sites for hydroxylation is 2. The van der Waals surface area contributed by atoms with Gasteiger partial charge in [-0.25, -0.2) is 9.57 Å². The maximum Gasteiger partial charge on any atom is 0.265 e. The molecule has 7 rings (SSSR count). The molecule has 1 aromatic heterocycles. The summed E-state index contributed by atoms with van der Waals surface area (Å²) in [5.41, 5.74) is 8.66. The number of carbonyl (C=O) groups excluding carboxylic acids is 5. The summed E-state index contributed by atoms with van der Waals surface area (Å²) in [7, 11) is -4.33. The SMILES string of the molecule is CC[N+]1=c2cc3c(cc2CCC1)=Nc1cc2c(cc1O3)N(CCCC(=O)NCCCC[C@H](NC(=O)CNC(=O)[C@H](CCCCn1cc(CO[C@H]3O[C@H](CO)[C@@H](O)[C@H](O)[C@@H]3O)nn1)NC(C)=O)C(N)=O)C(C)(C)CC2CS(=O)(=O)O. The Morgan fingerprint density at radius 1 is 0.937 bits per heavy atom. The van der Waals surface area contributed by atoms with Crippen LogP contribution in [0.5, 0.6) is 11.5 Å². The third kappa shape index (κ3) is 16.0. The predicted molar refractivity (Wildman–Crippen MR) is 284 cm³/mol. The van der Waals surface area contributed by atoms with E-state index in [9.17, 15) is 57.4 Å². The summed E-state index contributed by atoms with van der Waals surface area (Å²) in [6.07, 6.45) is -0.261. The van der Waals surface area contributed by atoms with E-state index in [1.165, 1.54) is 17.2 Å². The lowest BCUT2D eigenvalue weighted by Gasteiger charge is -2.48. The summed E-state index contributed by atoms with van der Waals surface area (Å²) in [5.74, 6) is -2.52. The van der Waals surface area contributed by atoms with E-state index < -0.39 is 107 Å². The van der Waals surface area contributed by atoms with Crippen molar-refractivity contribution in [3.63, 3.8) is 0 Å². The number of aromatic nitrogens is 3. The number of nitrogens with two attached hydrogens (primary N) is 1. The van der Waals surface area contributed by atoms with Crippen LogP contribution in [0.4, 0.5) is 11.4 Å². The molecule has 4 aliphatic rings. The molecule has 0 bridgehead atoms. The van der Waals surface area contributed by atoms with E-state index in [1.807, 2.05) is 32.0 Å². The molecule has 0 radical (unpaired) electrons. The number of amides is 5. The van der Waals surface area contributed by atoms with Gasteiger partial charge in [0, 0.05) is 68.2 Å². The van der Waals surface area contributed by atoms with E-state index in [1.54, 1.807) is 6.20 Å². The first-order chi connectivity index (χ1) is 37.5. The van der Waals surface area contributed by atoms with Crippen LogP contribution in [-0.4, -0.2) is 171 Å². The number of nitrogens with one attached hydrogen (secondary N) is 4. The summed E-state index contributed by atoms with van der Waals surface area (Å²) < 4.78 is 55.8. The predicted octanol–water partition coefficient (Wildman–Crippen LogP) is -1.40. The van der Waals surface area contributed by atoms with Gasteiger partial charge in [0.2, 0.25) is 34.9 Å². The zero-order valence-corrected chi connectivity index (χ0v) is 46.0. The van der Waals surface area contributed by atoms with Crippen molar-refractivity contribution >= 4 is 51.0 Å². The molecule has 434 valence electrons. The Morgan fingerprint density at radius 2 is 1.70 bits per heavy atom. The first-order valence-electron chi connectivity index (χ1n) is 27.0. The summed E-state index contributed by atoms with van der Waals surface area (Å²) in [6.45, 7) is 9.10. The highest BCUT2D eigenvalue weighted by Crippen LogP contribution is 2.49. The Balaban J connectivity index is 0.825. The Morgan fingerprint density at radius 3 is 2.42 bits per heavy atom. The molecule has 26 nitrogen and oxygen atoms in total. The van der Waals surface area contributed by atoms with Crippen LogP contribution >= 0.6 is 0 Å². The number of unbranched alkanes of at least 4 members (excludes halogenated alkanes) is 2. The highest BCUT2D eigenvalue weighted by atomic mass is 32.2. The van der Waals surface area contributed by atoms with Crippen LogP contribution in [0.3, 0.4) is 0 Å². The summed E-state index contributed by atoms with van der Waals surface area (Å²) in [6, 6.07) is 5.84. The average Bonchev–Trinajstić information content (AvgIpc) is 4.00. The van der Waals surface area contributed by atoms with E-state index in [2.05, 4.69) is 54.0 Å². The first kappa shape index (κ1) is 60.4. The molecule has 5 amide bonds. The number of anilines is 1. The van der Waals surface area contributed by atoms with Gasteiger partial charge in [-0.15, -0.1) is 5.10 Å². The molecule has 5 heterocycles. The molecule has 2 aromatic carbocycles. The Labute approximate surface area is 457 Å². The van der Waals surface area contributed by atoms with E-state index in [0.29, 0.717) is 86.4 Å². The summed E-state index contributed by atoms with van der Waals surface area (Å²) in [5, 5.41) is 59.9. The number of hydrogen-bond acceptors (Lipinski definition) is 18. The van der Waals surface area contributed by atoms with Gasteiger partial charge in [-0.3, -0.25) is 33.2 Å². The van der Waals surface area contributed by atoms with Crippen LogP contribution in [-0.2, 0) is 63.1 Å². The Bertz CT molecular complexity index is 2940. The summed E-state index contributed by atoms with van der Waals surface area (Å²) in [4.78, 5) is 70.5. The quantitative estimate of drug-likeness (QED) is 0.0186. The lowest BCUT2D eigenvalue weighted by Crippen LogP contribution is -2.59. The van der Waals surface area contributed by atoms with Gasteiger partial charge in [0.1, 0.15) is 66.3 Å². The van der Waals surface area contributed by atoms with Crippen molar-refractivity contribution in [2.75, 3.05) is 50.0 Å². The van der Waals surface area contributed by atoms with E-state index in [0.717, 1.165) is 42.5 Å². The number of aliphatic hydroxyl groups is 4. The number of fused-ring (bicyclic) bond motifs is 4. The van der Waals surface area contributed by atoms with Crippen molar-refractivity contribution in [2.24, 2.45) is 10.7 Å². The normalized spacial score (nSPS) is 21.9. The maximum atomic E-state index is 13.1. The molecule has 8 atom stereocenters.